The molecule has 64 heavy (non-hydrogen) atoms. The lowest BCUT2D eigenvalue weighted by Crippen LogP contribution is -2.28. The highest BCUT2D eigenvalue weighted by atomic mass is 15.1. The van der Waals surface area contributed by atoms with E-state index in [-0.39, 0.29) is 0 Å². The Bertz CT molecular complexity index is 3410. The molecule has 11 aromatic rings. The van der Waals surface area contributed by atoms with Gasteiger partial charge in [-0.1, -0.05) is 224 Å². The Hall–Kier alpha value is -8.26. The first-order valence-electron chi connectivity index (χ1n) is 22.2. The van der Waals surface area contributed by atoms with Crippen LogP contribution < -0.4 is 4.90 Å². The van der Waals surface area contributed by atoms with Gasteiger partial charge in [0.25, 0.3) is 0 Å². The molecule has 1 heteroatoms. The molecule has 0 unspecified atom stereocenters. The number of hydrogen-bond donors (Lipinski definition) is 0. The maximum Gasteiger partial charge on any atom is 0.0714 e. The summed E-state index contributed by atoms with van der Waals surface area (Å²) >= 11 is 0. The van der Waals surface area contributed by atoms with Gasteiger partial charge in [0.1, 0.15) is 0 Å². The van der Waals surface area contributed by atoms with Crippen molar-refractivity contribution in [1.82, 2.24) is 0 Å². The molecular formula is C63H43N. The van der Waals surface area contributed by atoms with E-state index in [1.165, 1.54) is 88.3 Å². The van der Waals surface area contributed by atoms with Gasteiger partial charge in [0, 0.05) is 17.1 Å². The Morgan fingerprint density at radius 1 is 0.266 bits per heavy atom. The van der Waals surface area contributed by atoms with Gasteiger partial charge in [-0.3, -0.25) is 0 Å². The maximum absolute atomic E-state index is 2.45. The van der Waals surface area contributed by atoms with Gasteiger partial charge in [-0.15, -0.1) is 0 Å². The first kappa shape index (κ1) is 37.5. The van der Waals surface area contributed by atoms with Crippen molar-refractivity contribution >= 4 is 38.6 Å². The number of rotatable bonds is 8. The summed E-state index contributed by atoms with van der Waals surface area (Å²) in [6.45, 7) is 0. The van der Waals surface area contributed by atoms with Crippen LogP contribution in [0.5, 0.6) is 0 Å². The number of hydrogen-bond acceptors (Lipinski definition) is 1. The second kappa shape index (κ2) is 15.6. The molecule has 0 atom stereocenters. The van der Waals surface area contributed by atoms with E-state index in [0.717, 1.165) is 17.1 Å². The van der Waals surface area contributed by atoms with Gasteiger partial charge in [-0.05, 0) is 125 Å². The van der Waals surface area contributed by atoms with Gasteiger partial charge >= 0.3 is 0 Å². The van der Waals surface area contributed by atoms with Crippen molar-refractivity contribution in [3.63, 3.8) is 0 Å². The molecule has 0 aliphatic heterocycles. The quantitative estimate of drug-likeness (QED) is 0.138. The average molecular weight is 814 g/mol. The summed E-state index contributed by atoms with van der Waals surface area (Å²) < 4.78 is 0. The van der Waals surface area contributed by atoms with E-state index >= 15 is 0 Å². The van der Waals surface area contributed by atoms with Crippen molar-refractivity contribution < 1.29 is 0 Å². The van der Waals surface area contributed by atoms with Crippen LogP contribution in [0.25, 0.3) is 66.1 Å². The third-order valence-electron chi connectivity index (χ3n) is 13.4. The Morgan fingerprint density at radius 3 is 1.38 bits per heavy atom. The molecule has 300 valence electrons. The first-order valence-corrected chi connectivity index (χ1v) is 22.2. The summed E-state index contributed by atoms with van der Waals surface area (Å²) in [6.07, 6.45) is 0. The van der Waals surface area contributed by atoms with Gasteiger partial charge in [0.15, 0.2) is 0 Å². The van der Waals surface area contributed by atoms with Crippen LogP contribution in [0.1, 0.15) is 22.3 Å². The summed E-state index contributed by atoms with van der Waals surface area (Å²) in [4.78, 5) is 2.43. The number of nitrogens with zero attached hydrogens (tertiary/aromatic N) is 1. The summed E-state index contributed by atoms with van der Waals surface area (Å²) in [7, 11) is 0. The average Bonchev–Trinajstić information content (AvgIpc) is 3.68. The van der Waals surface area contributed by atoms with Crippen molar-refractivity contribution in [2.45, 2.75) is 5.41 Å². The monoisotopic (exact) mass is 813 g/mol. The van der Waals surface area contributed by atoms with E-state index < -0.39 is 5.41 Å². The Labute approximate surface area is 374 Å². The normalized spacial score (nSPS) is 12.5. The Balaban J connectivity index is 1.02. The summed E-state index contributed by atoms with van der Waals surface area (Å²) in [5.74, 6) is 0. The van der Waals surface area contributed by atoms with Crippen molar-refractivity contribution in [2.24, 2.45) is 0 Å². The highest BCUT2D eigenvalue weighted by Crippen LogP contribution is 2.57. The smallest absolute Gasteiger partial charge is 0.0714 e. The van der Waals surface area contributed by atoms with Crippen molar-refractivity contribution in [3.05, 3.63) is 283 Å². The van der Waals surface area contributed by atoms with Crippen molar-refractivity contribution in [1.29, 1.82) is 0 Å². The molecule has 0 saturated carbocycles. The van der Waals surface area contributed by atoms with Crippen LogP contribution in [0.4, 0.5) is 17.1 Å². The van der Waals surface area contributed by atoms with Crippen LogP contribution in [-0.2, 0) is 5.41 Å². The minimum Gasteiger partial charge on any atom is -0.310 e. The predicted octanol–water partition coefficient (Wildman–Crippen LogP) is 16.8. The van der Waals surface area contributed by atoms with E-state index in [9.17, 15) is 0 Å². The number of anilines is 3. The Morgan fingerprint density at radius 2 is 0.719 bits per heavy atom. The van der Waals surface area contributed by atoms with Crippen LogP contribution in [0.3, 0.4) is 0 Å². The molecule has 12 rings (SSSR count). The van der Waals surface area contributed by atoms with Crippen LogP contribution in [0.15, 0.2) is 261 Å². The van der Waals surface area contributed by atoms with Crippen molar-refractivity contribution in [3.8, 4) is 44.5 Å². The van der Waals surface area contributed by atoms with Crippen molar-refractivity contribution in [2.75, 3.05) is 4.90 Å². The van der Waals surface area contributed by atoms with Gasteiger partial charge in [-0.25, -0.2) is 0 Å². The molecule has 0 amide bonds. The lowest BCUT2D eigenvalue weighted by molar-refractivity contribution is 0.768. The molecule has 0 fully saturated rings. The van der Waals surface area contributed by atoms with Crippen LogP contribution in [0, 0.1) is 0 Å². The van der Waals surface area contributed by atoms with Gasteiger partial charge in [-0.2, -0.15) is 0 Å². The summed E-state index contributed by atoms with van der Waals surface area (Å²) in [6, 6.07) is 95.8. The lowest BCUT2D eigenvalue weighted by atomic mass is 9.67. The van der Waals surface area contributed by atoms with Crippen LogP contribution in [0.2, 0.25) is 0 Å². The minimum atomic E-state index is -0.507. The third kappa shape index (κ3) is 6.16. The van der Waals surface area contributed by atoms with E-state index in [1.54, 1.807) is 0 Å². The molecule has 1 aliphatic carbocycles. The SMILES string of the molecule is c1ccc(-c2ccc(-c3ccc(N(c4ccc(-c5cccc6ccc7ccccc7c56)cc4)c4ccc5c(c4)C(c4ccccc4)(c4ccccc4)c4ccccc4-5)cc3)cc2)cc1. The predicted molar refractivity (Wildman–Crippen MR) is 270 cm³/mol. The third-order valence-corrected chi connectivity index (χ3v) is 13.4. The molecule has 11 aromatic carbocycles. The molecular weight excluding hydrogens is 771 g/mol. The van der Waals surface area contributed by atoms with Gasteiger partial charge in [0.2, 0.25) is 0 Å². The lowest BCUT2D eigenvalue weighted by Gasteiger charge is -2.35. The summed E-state index contributed by atoms with van der Waals surface area (Å²) in [5.41, 5.74) is 17.7. The zero-order valence-corrected chi connectivity index (χ0v) is 35.3. The van der Waals surface area contributed by atoms with Crippen LogP contribution >= 0.6 is 0 Å². The second-order valence-corrected chi connectivity index (χ2v) is 16.8. The number of fused-ring (bicyclic) bond motifs is 6. The minimum absolute atomic E-state index is 0.507. The fourth-order valence-electron chi connectivity index (χ4n) is 10.4. The standard InChI is InChI=1S/C63H43N/c1-4-15-44(16-5-1)45-27-29-46(30-28-45)47-33-37-53(38-34-47)64(54-39-35-49(36-40-54)57-25-14-18-50-32-31-48-17-10-11-23-56(48)62(50)57)55-41-42-59-58-24-12-13-26-60(58)63(61(59)43-55,51-19-6-2-7-20-51)52-21-8-3-9-22-52/h1-43H. The van der Waals surface area contributed by atoms with Gasteiger partial charge < -0.3 is 4.90 Å². The molecule has 0 saturated heterocycles. The molecule has 0 heterocycles. The second-order valence-electron chi connectivity index (χ2n) is 16.8. The van der Waals surface area contributed by atoms with E-state index in [4.69, 9.17) is 0 Å². The summed E-state index contributed by atoms with van der Waals surface area (Å²) in [5, 5.41) is 5.06. The zero-order chi connectivity index (χ0) is 42.5. The molecule has 1 nitrogen and oxygen atoms in total. The largest absolute Gasteiger partial charge is 0.310 e. The molecule has 0 radical (unpaired) electrons. The highest BCUT2D eigenvalue weighted by Gasteiger charge is 2.46. The van der Waals surface area contributed by atoms with E-state index in [2.05, 4.69) is 266 Å². The van der Waals surface area contributed by atoms with E-state index in [0.29, 0.717) is 0 Å². The van der Waals surface area contributed by atoms with Gasteiger partial charge in [0.05, 0.1) is 5.41 Å². The molecule has 0 aromatic heterocycles. The molecule has 1 aliphatic rings. The fraction of sp³-hybridized carbons (Fsp3) is 0.0159. The topological polar surface area (TPSA) is 3.24 Å². The number of benzene rings is 11. The Kier molecular flexibility index (Phi) is 9.13. The molecule has 0 N–H and O–H groups in total. The molecule has 0 bridgehead atoms. The zero-order valence-electron chi connectivity index (χ0n) is 35.3. The molecule has 0 spiro atoms. The van der Waals surface area contributed by atoms with E-state index in [1.807, 2.05) is 0 Å². The fourth-order valence-corrected chi connectivity index (χ4v) is 10.4. The maximum atomic E-state index is 2.45. The highest BCUT2D eigenvalue weighted by molar-refractivity contribution is 6.14. The van der Waals surface area contributed by atoms with Crippen LogP contribution in [-0.4, -0.2) is 0 Å². The first-order chi connectivity index (χ1) is 31.7.